The third-order valence-electron chi connectivity index (χ3n) is 5.40. The molecule has 34 heavy (non-hydrogen) atoms. The number of rotatable bonds is 9. The molecule has 0 spiro atoms. The van der Waals surface area contributed by atoms with Crippen LogP contribution in [0, 0.1) is 5.53 Å². The molecular formula is C24H26N6O4. The van der Waals surface area contributed by atoms with Crippen LogP contribution in [-0.2, 0) is 15.9 Å². The third kappa shape index (κ3) is 5.70. The topological polar surface area (TPSA) is 123 Å². The summed E-state index contributed by atoms with van der Waals surface area (Å²) in [7, 11) is 1.33. The highest BCUT2D eigenvalue weighted by molar-refractivity contribution is 5.89. The number of ether oxygens (including phenoxy) is 3. The lowest BCUT2D eigenvalue weighted by Crippen LogP contribution is -2.37. The minimum Gasteiger partial charge on any atom is -0.465 e. The summed E-state index contributed by atoms with van der Waals surface area (Å²) in [4.78, 5) is 27.5. The lowest BCUT2D eigenvalue weighted by Gasteiger charge is -2.28. The Hall–Kier alpha value is -3.92. The van der Waals surface area contributed by atoms with Crippen LogP contribution in [0.4, 0.5) is 5.82 Å². The SMILES string of the molecule is COC(=O)c1cccc(C(N=N)c2cc(N3CCOCC3)nc(OCCc3ccccn3)n2)c1. The number of morpholine rings is 1. The largest absolute Gasteiger partial charge is 0.465 e. The summed E-state index contributed by atoms with van der Waals surface area (Å²) in [5, 5.41) is 3.81. The first kappa shape index (κ1) is 23.2. The number of carbonyl (C=O) groups is 1. The van der Waals surface area contributed by atoms with Crippen LogP contribution in [0.25, 0.3) is 0 Å². The molecule has 1 atom stereocenters. The number of methoxy groups -OCH3 is 1. The maximum absolute atomic E-state index is 12.0. The number of anilines is 1. The van der Waals surface area contributed by atoms with Crippen LogP contribution >= 0.6 is 0 Å². The van der Waals surface area contributed by atoms with Gasteiger partial charge in [0.2, 0.25) is 0 Å². The van der Waals surface area contributed by atoms with E-state index in [9.17, 15) is 4.79 Å². The maximum Gasteiger partial charge on any atom is 0.337 e. The molecule has 0 aliphatic carbocycles. The molecule has 1 fully saturated rings. The quantitative estimate of drug-likeness (QED) is 0.380. The molecule has 10 nitrogen and oxygen atoms in total. The van der Waals surface area contributed by atoms with E-state index in [0.29, 0.717) is 62.0 Å². The predicted molar refractivity (Wildman–Crippen MR) is 123 cm³/mol. The third-order valence-corrected chi connectivity index (χ3v) is 5.40. The summed E-state index contributed by atoms with van der Waals surface area (Å²) in [5.41, 5.74) is 10.3. The van der Waals surface area contributed by atoms with Crippen LogP contribution in [0.2, 0.25) is 0 Å². The molecule has 3 aromatic rings. The molecular weight excluding hydrogens is 436 g/mol. The number of nitrogens with zero attached hydrogens (tertiary/aromatic N) is 5. The highest BCUT2D eigenvalue weighted by Gasteiger charge is 2.22. The minimum atomic E-state index is -0.731. The second-order valence-electron chi connectivity index (χ2n) is 7.60. The fraction of sp³-hybridized carbons (Fsp3) is 0.333. The summed E-state index contributed by atoms with van der Waals surface area (Å²) in [6, 6.07) is 13.9. The van der Waals surface area contributed by atoms with E-state index in [-0.39, 0.29) is 6.01 Å². The lowest BCUT2D eigenvalue weighted by molar-refractivity contribution is 0.0600. The lowest BCUT2D eigenvalue weighted by atomic mass is 10.0. The zero-order chi connectivity index (χ0) is 23.8. The fourth-order valence-corrected chi connectivity index (χ4v) is 3.65. The van der Waals surface area contributed by atoms with Crippen molar-refractivity contribution in [2.24, 2.45) is 5.11 Å². The van der Waals surface area contributed by atoms with Crippen molar-refractivity contribution in [3.63, 3.8) is 0 Å². The van der Waals surface area contributed by atoms with E-state index in [1.165, 1.54) is 7.11 Å². The van der Waals surface area contributed by atoms with Crippen molar-refractivity contribution < 1.29 is 19.0 Å². The molecule has 0 amide bonds. The molecule has 10 heteroatoms. The van der Waals surface area contributed by atoms with Crippen LogP contribution in [0.1, 0.15) is 33.4 Å². The van der Waals surface area contributed by atoms with Gasteiger partial charge < -0.3 is 19.1 Å². The van der Waals surface area contributed by atoms with Crippen molar-refractivity contribution >= 4 is 11.8 Å². The molecule has 0 bridgehead atoms. The van der Waals surface area contributed by atoms with E-state index < -0.39 is 12.0 Å². The van der Waals surface area contributed by atoms with Gasteiger partial charge in [0.25, 0.3) is 0 Å². The summed E-state index contributed by atoms with van der Waals surface area (Å²) in [5.74, 6) is 0.222. The Balaban J connectivity index is 1.63. The van der Waals surface area contributed by atoms with Gasteiger partial charge in [0, 0.05) is 37.5 Å². The summed E-state index contributed by atoms with van der Waals surface area (Å²) >= 11 is 0. The van der Waals surface area contributed by atoms with Crippen LogP contribution in [0.5, 0.6) is 6.01 Å². The minimum absolute atomic E-state index is 0.202. The standard InChI is InChI=1S/C24H26N6O4/c1-32-23(31)18-6-4-5-17(15-18)22(29-25)20-16-21(30-10-13-33-14-11-30)28-24(27-20)34-12-8-19-7-2-3-9-26-19/h2-7,9,15-16,22,25H,8,10-14H2,1H3. The van der Waals surface area contributed by atoms with Crippen molar-refractivity contribution in [2.75, 3.05) is 44.9 Å². The van der Waals surface area contributed by atoms with E-state index in [1.54, 1.807) is 30.5 Å². The van der Waals surface area contributed by atoms with Crippen LogP contribution in [0.15, 0.2) is 59.8 Å². The Morgan fingerprint density at radius 1 is 1.18 bits per heavy atom. The van der Waals surface area contributed by atoms with Gasteiger partial charge in [-0.2, -0.15) is 15.1 Å². The van der Waals surface area contributed by atoms with Crippen molar-refractivity contribution in [1.29, 1.82) is 5.53 Å². The van der Waals surface area contributed by atoms with Crippen molar-refractivity contribution in [3.8, 4) is 6.01 Å². The number of aromatic nitrogens is 3. The molecule has 0 saturated carbocycles. The molecule has 4 rings (SSSR count). The highest BCUT2D eigenvalue weighted by atomic mass is 16.5. The molecule has 1 aromatic carbocycles. The van der Waals surface area contributed by atoms with Gasteiger partial charge in [0.1, 0.15) is 11.9 Å². The predicted octanol–water partition coefficient (Wildman–Crippen LogP) is 3.24. The molecule has 0 radical (unpaired) electrons. The van der Waals surface area contributed by atoms with Gasteiger partial charge in [-0.3, -0.25) is 4.98 Å². The molecule has 1 saturated heterocycles. The fourth-order valence-electron chi connectivity index (χ4n) is 3.65. The number of carbonyl (C=O) groups excluding carboxylic acids is 1. The smallest absolute Gasteiger partial charge is 0.337 e. The number of hydrogen-bond acceptors (Lipinski definition) is 10. The van der Waals surface area contributed by atoms with Gasteiger partial charge in [-0.1, -0.05) is 18.2 Å². The van der Waals surface area contributed by atoms with Gasteiger partial charge in [-0.15, -0.1) is 0 Å². The van der Waals surface area contributed by atoms with Gasteiger partial charge in [0.05, 0.1) is 38.2 Å². The molecule has 2 aromatic heterocycles. The molecule has 1 aliphatic heterocycles. The van der Waals surface area contributed by atoms with E-state index in [2.05, 4.69) is 25.0 Å². The molecule has 3 heterocycles. The number of esters is 1. The van der Waals surface area contributed by atoms with Crippen LogP contribution in [0.3, 0.4) is 0 Å². The normalized spacial score (nSPS) is 14.3. The summed E-state index contributed by atoms with van der Waals surface area (Å²) in [6.07, 6.45) is 2.35. The second kappa shape index (κ2) is 11.3. The molecule has 176 valence electrons. The zero-order valence-electron chi connectivity index (χ0n) is 18.9. The monoisotopic (exact) mass is 462 g/mol. The first-order valence-electron chi connectivity index (χ1n) is 11.0. The van der Waals surface area contributed by atoms with Gasteiger partial charge in [0.15, 0.2) is 0 Å². The summed E-state index contributed by atoms with van der Waals surface area (Å²) < 4.78 is 16.2. The maximum atomic E-state index is 12.0. The Kier molecular flexibility index (Phi) is 7.71. The van der Waals surface area contributed by atoms with Crippen LogP contribution < -0.4 is 9.64 Å². The van der Waals surface area contributed by atoms with E-state index in [1.807, 2.05) is 24.3 Å². The Bertz CT molecular complexity index is 1120. The first-order chi connectivity index (χ1) is 16.7. The van der Waals surface area contributed by atoms with Gasteiger partial charge in [-0.05, 0) is 29.8 Å². The van der Waals surface area contributed by atoms with Crippen molar-refractivity contribution in [1.82, 2.24) is 15.0 Å². The first-order valence-corrected chi connectivity index (χ1v) is 11.0. The number of nitrogens with one attached hydrogen (secondary N) is 1. The van der Waals surface area contributed by atoms with E-state index in [4.69, 9.17) is 19.7 Å². The van der Waals surface area contributed by atoms with E-state index in [0.717, 1.165) is 5.69 Å². The number of benzene rings is 1. The van der Waals surface area contributed by atoms with E-state index >= 15 is 0 Å². The zero-order valence-corrected chi connectivity index (χ0v) is 18.9. The van der Waals surface area contributed by atoms with Crippen LogP contribution in [-0.4, -0.2) is 60.9 Å². The Labute approximate surface area is 197 Å². The second-order valence-corrected chi connectivity index (χ2v) is 7.60. The van der Waals surface area contributed by atoms with Crippen molar-refractivity contribution in [3.05, 3.63) is 77.2 Å². The van der Waals surface area contributed by atoms with Crippen molar-refractivity contribution in [2.45, 2.75) is 12.5 Å². The number of pyridine rings is 1. The highest BCUT2D eigenvalue weighted by Crippen LogP contribution is 2.29. The molecule has 1 aliphatic rings. The van der Waals surface area contributed by atoms with Gasteiger partial charge in [-0.25, -0.2) is 10.3 Å². The summed E-state index contributed by atoms with van der Waals surface area (Å²) in [6.45, 7) is 2.92. The number of hydrogen-bond donors (Lipinski definition) is 1. The average Bonchev–Trinajstić information content (AvgIpc) is 2.90. The Morgan fingerprint density at radius 3 is 2.76 bits per heavy atom. The van der Waals surface area contributed by atoms with Gasteiger partial charge >= 0.3 is 12.0 Å². The molecule has 1 unspecified atom stereocenters. The average molecular weight is 463 g/mol. The Morgan fingerprint density at radius 2 is 2.03 bits per heavy atom. The molecule has 1 N–H and O–H groups in total.